The predicted molar refractivity (Wildman–Crippen MR) is 149 cm³/mol. The Morgan fingerprint density at radius 2 is 1.47 bits per heavy atom. The van der Waals surface area contributed by atoms with Crippen LogP contribution in [0.2, 0.25) is 0 Å². The number of thiocarbonyl (C=S) groups is 1. The molecule has 0 spiro atoms. The first-order valence-corrected chi connectivity index (χ1v) is 13.6. The van der Waals surface area contributed by atoms with Crippen LogP contribution in [0.25, 0.3) is 0 Å². The molecule has 5 heteroatoms. The minimum atomic E-state index is -0.0752. The number of anilines is 1. The van der Waals surface area contributed by atoms with Gasteiger partial charge in [0.1, 0.15) is 24.4 Å². The molecule has 1 N–H and O–H groups in total. The quantitative estimate of drug-likeness (QED) is 0.184. The highest BCUT2D eigenvalue weighted by Gasteiger charge is 2.26. The van der Waals surface area contributed by atoms with E-state index in [9.17, 15) is 0 Å². The summed E-state index contributed by atoms with van der Waals surface area (Å²) in [6.45, 7) is 2.85. The Morgan fingerprint density at radius 3 is 2.09 bits per heavy atom. The van der Waals surface area contributed by atoms with Crippen molar-refractivity contribution in [1.82, 2.24) is 5.43 Å². The van der Waals surface area contributed by atoms with Crippen molar-refractivity contribution in [3.05, 3.63) is 60.2 Å². The number of unbranched alkanes of at least 4 members (excludes halogenated alkanes) is 10. The molecule has 184 valence electrons. The molecule has 2 aromatic carbocycles. The van der Waals surface area contributed by atoms with Crippen molar-refractivity contribution >= 4 is 29.1 Å². The van der Waals surface area contributed by atoms with E-state index in [1.807, 2.05) is 30.3 Å². The van der Waals surface area contributed by atoms with Crippen molar-refractivity contribution < 1.29 is 4.74 Å². The molecule has 0 bridgehead atoms. The van der Waals surface area contributed by atoms with E-state index in [1.165, 1.54) is 64.2 Å². The van der Waals surface area contributed by atoms with Crippen molar-refractivity contribution in [2.45, 2.75) is 96.7 Å². The third-order valence-electron chi connectivity index (χ3n) is 6.38. The van der Waals surface area contributed by atoms with Crippen LogP contribution in [-0.4, -0.2) is 17.4 Å². The van der Waals surface area contributed by atoms with Gasteiger partial charge in [0, 0.05) is 17.5 Å². The normalized spacial score (nSPS) is 15.1. The summed E-state index contributed by atoms with van der Waals surface area (Å²) in [7, 11) is 0. The Morgan fingerprint density at radius 1 is 0.853 bits per heavy atom. The summed E-state index contributed by atoms with van der Waals surface area (Å²) in [6, 6.07) is 18.5. The molecule has 1 atom stereocenters. The molecular formula is C29H41N3OS. The van der Waals surface area contributed by atoms with Gasteiger partial charge in [-0.15, -0.1) is 0 Å². The largest absolute Gasteiger partial charge is 0.489 e. The summed E-state index contributed by atoms with van der Waals surface area (Å²) in [5.74, 6) is 1.93. The lowest BCUT2D eigenvalue weighted by Crippen LogP contribution is -2.41. The second-order valence-electron chi connectivity index (χ2n) is 9.16. The van der Waals surface area contributed by atoms with Crippen LogP contribution in [0.4, 0.5) is 5.69 Å². The van der Waals surface area contributed by atoms with E-state index in [0.29, 0.717) is 6.61 Å². The van der Waals surface area contributed by atoms with Gasteiger partial charge >= 0.3 is 0 Å². The Kier molecular flexibility index (Phi) is 11.9. The van der Waals surface area contributed by atoms with Crippen LogP contribution >= 0.6 is 12.2 Å². The molecule has 0 fully saturated rings. The second kappa shape index (κ2) is 15.5. The minimum Gasteiger partial charge on any atom is -0.489 e. The number of amidine groups is 1. The molecule has 0 saturated heterocycles. The van der Waals surface area contributed by atoms with Gasteiger partial charge in [0.05, 0.1) is 0 Å². The Bertz CT molecular complexity index is 853. The van der Waals surface area contributed by atoms with E-state index in [-0.39, 0.29) is 6.17 Å². The van der Waals surface area contributed by atoms with E-state index >= 15 is 0 Å². The summed E-state index contributed by atoms with van der Waals surface area (Å²) in [5, 5.41) is 6.34. The molecule has 0 saturated carbocycles. The van der Waals surface area contributed by atoms with Crippen molar-refractivity contribution in [1.29, 1.82) is 0 Å². The predicted octanol–water partition coefficient (Wildman–Crippen LogP) is 8.02. The molecule has 0 radical (unpaired) electrons. The van der Waals surface area contributed by atoms with Gasteiger partial charge in [-0.1, -0.05) is 114 Å². The van der Waals surface area contributed by atoms with Gasteiger partial charge in [0.15, 0.2) is 0 Å². The molecular weight excluding hydrogens is 438 g/mol. The molecule has 3 rings (SSSR count). The van der Waals surface area contributed by atoms with E-state index < -0.39 is 0 Å². The van der Waals surface area contributed by atoms with Gasteiger partial charge in [-0.25, -0.2) is 0 Å². The number of benzene rings is 2. The Labute approximate surface area is 211 Å². The first-order valence-electron chi connectivity index (χ1n) is 13.1. The molecule has 0 amide bonds. The van der Waals surface area contributed by atoms with Crippen LogP contribution in [0.3, 0.4) is 0 Å². The zero-order valence-electron chi connectivity index (χ0n) is 20.8. The molecule has 1 heterocycles. The number of hydrogen-bond acceptors (Lipinski definition) is 5. The van der Waals surface area contributed by atoms with Gasteiger partial charge < -0.3 is 9.64 Å². The summed E-state index contributed by atoms with van der Waals surface area (Å²) in [6.07, 6.45) is 15.7. The van der Waals surface area contributed by atoms with Crippen LogP contribution in [0.15, 0.2) is 59.7 Å². The highest BCUT2D eigenvalue weighted by atomic mass is 32.1. The first-order chi connectivity index (χ1) is 16.8. The number of ether oxygens (including phenoxy) is 1. The van der Waals surface area contributed by atoms with Gasteiger partial charge in [-0.3, -0.25) is 5.43 Å². The molecule has 1 unspecified atom stereocenters. The zero-order valence-corrected chi connectivity index (χ0v) is 21.6. The van der Waals surface area contributed by atoms with Gasteiger partial charge in [-0.2, -0.15) is 5.10 Å². The van der Waals surface area contributed by atoms with Gasteiger partial charge in [0.2, 0.25) is 0 Å². The van der Waals surface area contributed by atoms with E-state index in [1.54, 1.807) is 5.37 Å². The molecule has 1 aliphatic heterocycles. The number of nitrogens with one attached hydrogen (secondary N) is 1. The summed E-state index contributed by atoms with van der Waals surface area (Å²) in [4.78, 5) is 2.21. The van der Waals surface area contributed by atoms with E-state index in [0.717, 1.165) is 35.7 Å². The van der Waals surface area contributed by atoms with Crippen molar-refractivity contribution in [2.75, 3.05) is 4.90 Å². The highest BCUT2D eigenvalue weighted by Crippen LogP contribution is 2.25. The van der Waals surface area contributed by atoms with Crippen LogP contribution in [-0.2, 0) is 6.61 Å². The molecule has 4 nitrogen and oxygen atoms in total. The van der Waals surface area contributed by atoms with Gasteiger partial charge in [-0.05, 0) is 36.2 Å². The van der Waals surface area contributed by atoms with Crippen LogP contribution in [0.1, 0.15) is 89.5 Å². The van der Waals surface area contributed by atoms with Crippen LogP contribution in [0, 0.1) is 0 Å². The third kappa shape index (κ3) is 8.75. The Balaban J connectivity index is 1.39. The summed E-state index contributed by atoms with van der Waals surface area (Å²) >= 11 is 5.26. The van der Waals surface area contributed by atoms with Crippen molar-refractivity contribution in [3.8, 4) is 5.75 Å². The maximum absolute atomic E-state index is 5.94. The molecule has 34 heavy (non-hydrogen) atoms. The van der Waals surface area contributed by atoms with Crippen molar-refractivity contribution in [2.24, 2.45) is 5.10 Å². The molecule has 0 aromatic heterocycles. The fraction of sp³-hybridized carbons (Fsp3) is 0.517. The average Bonchev–Trinajstić information content (AvgIpc) is 3.30. The van der Waals surface area contributed by atoms with Crippen molar-refractivity contribution in [3.63, 3.8) is 0 Å². The number of rotatable bonds is 17. The Hall–Kier alpha value is -2.40. The lowest BCUT2D eigenvalue weighted by atomic mass is 10.0. The molecule has 1 aliphatic rings. The van der Waals surface area contributed by atoms with Crippen LogP contribution in [0.5, 0.6) is 5.75 Å². The van der Waals surface area contributed by atoms with Crippen LogP contribution < -0.4 is 15.1 Å². The number of hydrogen-bond donors (Lipinski definition) is 1. The number of hydrazone groups is 1. The highest BCUT2D eigenvalue weighted by molar-refractivity contribution is 7.79. The van der Waals surface area contributed by atoms with Gasteiger partial charge in [0.25, 0.3) is 0 Å². The first kappa shape index (κ1) is 26.2. The van der Waals surface area contributed by atoms with E-state index in [4.69, 9.17) is 17.0 Å². The van der Waals surface area contributed by atoms with E-state index in [2.05, 4.69) is 46.6 Å². The molecule has 0 aliphatic carbocycles. The summed E-state index contributed by atoms with van der Waals surface area (Å²) < 4.78 is 5.94. The second-order valence-corrected chi connectivity index (χ2v) is 9.43. The third-order valence-corrected chi connectivity index (χ3v) is 6.64. The number of nitrogens with zero attached hydrogens (tertiary/aromatic N) is 2. The fourth-order valence-corrected chi connectivity index (χ4v) is 4.56. The molecule has 2 aromatic rings. The maximum atomic E-state index is 5.94. The SMILES string of the molecule is CCCCCCCCCCCCCC1=NNC(C=S)N1c1ccc(OCc2ccccc2)cc1. The standard InChI is InChI=1S/C29H41N3OS/c1-2-3-4-5-6-7-8-9-10-11-15-18-28-30-31-29(24-34)32(28)26-19-21-27(22-20-26)33-23-25-16-13-12-14-17-25/h12-14,16-17,19-22,24,29,31H,2-11,15,18,23H2,1H3. The lowest BCUT2D eigenvalue weighted by Gasteiger charge is -2.25. The minimum absolute atomic E-state index is 0.0752. The topological polar surface area (TPSA) is 36.9 Å². The summed E-state index contributed by atoms with van der Waals surface area (Å²) in [5.41, 5.74) is 5.43. The average molecular weight is 480 g/mol. The lowest BCUT2D eigenvalue weighted by molar-refractivity contribution is 0.306. The maximum Gasteiger partial charge on any atom is 0.150 e. The zero-order chi connectivity index (χ0) is 23.8. The monoisotopic (exact) mass is 479 g/mol. The fourth-order valence-electron chi connectivity index (χ4n) is 4.38. The smallest absolute Gasteiger partial charge is 0.150 e.